The largest absolute Gasteiger partial charge is 0.492 e. The minimum Gasteiger partial charge on any atom is -0.492 e. The number of anilines is 1. The van der Waals surface area contributed by atoms with Crippen LogP contribution in [-0.2, 0) is 0 Å². The first-order chi connectivity index (χ1) is 9.69. The fourth-order valence-corrected chi connectivity index (χ4v) is 2.37. The molecule has 6 heteroatoms. The molecule has 106 valence electrons. The van der Waals surface area contributed by atoms with E-state index >= 15 is 0 Å². The first kappa shape index (κ1) is 14.8. The summed E-state index contributed by atoms with van der Waals surface area (Å²) in [7, 11) is 0. The van der Waals surface area contributed by atoms with Crippen molar-refractivity contribution in [3.63, 3.8) is 0 Å². The van der Waals surface area contributed by atoms with Crippen molar-refractivity contribution in [3.05, 3.63) is 39.9 Å². The van der Waals surface area contributed by atoms with E-state index in [2.05, 4.69) is 22.4 Å². The molecule has 0 amide bonds. The van der Waals surface area contributed by atoms with Crippen LogP contribution in [0.2, 0.25) is 5.02 Å². The van der Waals surface area contributed by atoms with Crippen molar-refractivity contribution in [2.24, 2.45) is 5.10 Å². The van der Waals surface area contributed by atoms with Gasteiger partial charge in [0.15, 0.2) is 0 Å². The van der Waals surface area contributed by atoms with Crippen LogP contribution < -0.4 is 10.2 Å². The summed E-state index contributed by atoms with van der Waals surface area (Å²) in [5.41, 5.74) is 4.77. The molecule has 0 saturated carbocycles. The lowest BCUT2D eigenvalue weighted by Gasteiger charge is -2.06. The van der Waals surface area contributed by atoms with Gasteiger partial charge >= 0.3 is 0 Å². The third-order valence-corrected chi connectivity index (χ3v) is 3.57. The number of aromatic nitrogens is 1. The molecule has 0 spiro atoms. The third-order valence-electron chi connectivity index (χ3n) is 2.41. The molecule has 0 atom stereocenters. The number of aryl methyl sites for hydroxylation is 1. The normalized spacial score (nSPS) is 10.9. The molecule has 20 heavy (non-hydrogen) atoms. The fraction of sp³-hybridized carbons (Fsp3) is 0.286. The van der Waals surface area contributed by atoms with Crippen molar-refractivity contribution in [1.29, 1.82) is 0 Å². The highest BCUT2D eigenvalue weighted by Crippen LogP contribution is 2.25. The molecule has 4 nitrogen and oxygen atoms in total. The average Bonchev–Trinajstić information content (AvgIpc) is 2.84. The molecule has 0 aliphatic heterocycles. The van der Waals surface area contributed by atoms with Crippen LogP contribution in [0, 0.1) is 6.92 Å². The molecule has 0 aliphatic rings. The summed E-state index contributed by atoms with van der Waals surface area (Å²) in [5.74, 6) is 0.703. The van der Waals surface area contributed by atoms with E-state index in [9.17, 15) is 0 Å². The second-order valence-corrected chi connectivity index (χ2v) is 5.47. The van der Waals surface area contributed by atoms with E-state index in [0.717, 1.165) is 22.8 Å². The SMILES string of the molecule is CCCOc1ccc(C=NNc2nc(C)cs2)cc1Cl. The minimum absolute atomic E-state index is 0.590. The van der Waals surface area contributed by atoms with Gasteiger partial charge in [-0.25, -0.2) is 4.98 Å². The lowest BCUT2D eigenvalue weighted by atomic mass is 10.2. The Kier molecular flexibility index (Phi) is 5.38. The van der Waals surface area contributed by atoms with E-state index in [-0.39, 0.29) is 0 Å². The fourth-order valence-electron chi connectivity index (χ4n) is 1.49. The number of nitrogens with zero attached hydrogens (tertiary/aromatic N) is 2. The maximum Gasteiger partial charge on any atom is 0.203 e. The zero-order valence-electron chi connectivity index (χ0n) is 11.4. The van der Waals surface area contributed by atoms with Crippen molar-refractivity contribution in [2.75, 3.05) is 12.0 Å². The van der Waals surface area contributed by atoms with E-state index < -0.39 is 0 Å². The molecule has 1 aromatic heterocycles. The molecule has 0 unspecified atom stereocenters. The molecule has 0 aliphatic carbocycles. The highest BCUT2D eigenvalue weighted by atomic mass is 35.5. The second kappa shape index (κ2) is 7.26. The van der Waals surface area contributed by atoms with Gasteiger partial charge in [0.2, 0.25) is 5.13 Å². The number of halogens is 1. The summed E-state index contributed by atoms with van der Waals surface area (Å²) in [5, 5.41) is 7.46. The van der Waals surface area contributed by atoms with Gasteiger partial charge in [0, 0.05) is 5.38 Å². The number of hydrogen-bond acceptors (Lipinski definition) is 5. The molecule has 1 N–H and O–H groups in total. The zero-order valence-corrected chi connectivity index (χ0v) is 13.0. The summed E-state index contributed by atoms with van der Waals surface area (Å²) in [6, 6.07) is 5.59. The minimum atomic E-state index is 0.590. The number of rotatable bonds is 6. The maximum atomic E-state index is 6.15. The van der Waals surface area contributed by atoms with Gasteiger partial charge in [0.25, 0.3) is 0 Å². The molecule has 0 radical (unpaired) electrons. The Hall–Kier alpha value is -1.59. The molecule has 1 heterocycles. The van der Waals surface area contributed by atoms with Gasteiger partial charge in [-0.2, -0.15) is 5.10 Å². The van der Waals surface area contributed by atoms with E-state index in [0.29, 0.717) is 17.4 Å². The molecule has 2 rings (SSSR count). The Balaban J connectivity index is 1.97. The lowest BCUT2D eigenvalue weighted by molar-refractivity contribution is 0.317. The van der Waals surface area contributed by atoms with Crippen LogP contribution in [0.25, 0.3) is 0 Å². The number of ether oxygens (including phenoxy) is 1. The zero-order chi connectivity index (χ0) is 14.4. The summed E-state index contributed by atoms with van der Waals surface area (Å²) < 4.78 is 5.52. The maximum absolute atomic E-state index is 6.15. The molecular weight excluding hydrogens is 294 g/mol. The number of hydrazone groups is 1. The highest BCUT2D eigenvalue weighted by molar-refractivity contribution is 7.13. The smallest absolute Gasteiger partial charge is 0.203 e. The predicted molar refractivity (Wildman–Crippen MR) is 85.3 cm³/mol. The molecule has 0 bridgehead atoms. The van der Waals surface area contributed by atoms with Gasteiger partial charge in [0.1, 0.15) is 5.75 Å². The van der Waals surface area contributed by atoms with Crippen LogP contribution in [0.4, 0.5) is 5.13 Å². The quantitative estimate of drug-likeness (QED) is 0.638. The Labute approximate surface area is 127 Å². The van der Waals surface area contributed by atoms with Gasteiger partial charge < -0.3 is 4.74 Å². The topological polar surface area (TPSA) is 46.5 Å². The Morgan fingerprint density at radius 3 is 3.00 bits per heavy atom. The number of benzene rings is 1. The highest BCUT2D eigenvalue weighted by Gasteiger charge is 2.01. The van der Waals surface area contributed by atoms with E-state index in [1.165, 1.54) is 11.3 Å². The molecular formula is C14H16ClN3OS. The standard InChI is InChI=1S/C14H16ClN3OS/c1-3-6-19-13-5-4-11(7-12(13)15)8-16-18-14-17-10(2)9-20-14/h4-5,7-9H,3,6H2,1-2H3,(H,17,18). The lowest BCUT2D eigenvalue weighted by Crippen LogP contribution is -1.96. The molecule has 0 fully saturated rings. The average molecular weight is 310 g/mol. The van der Waals surface area contributed by atoms with Crippen molar-refractivity contribution in [3.8, 4) is 5.75 Å². The summed E-state index contributed by atoms with van der Waals surface area (Å²) >= 11 is 7.66. The summed E-state index contributed by atoms with van der Waals surface area (Å²) in [6.45, 7) is 4.67. The van der Waals surface area contributed by atoms with E-state index in [1.807, 2.05) is 30.5 Å². The van der Waals surface area contributed by atoms with Gasteiger partial charge in [0.05, 0.1) is 23.5 Å². The molecule has 0 saturated heterocycles. The van der Waals surface area contributed by atoms with Crippen molar-refractivity contribution in [2.45, 2.75) is 20.3 Å². The first-order valence-electron chi connectivity index (χ1n) is 6.32. The van der Waals surface area contributed by atoms with E-state index in [4.69, 9.17) is 16.3 Å². The van der Waals surface area contributed by atoms with Gasteiger partial charge in [-0.15, -0.1) is 11.3 Å². The van der Waals surface area contributed by atoms with Gasteiger partial charge in [-0.1, -0.05) is 18.5 Å². The summed E-state index contributed by atoms with van der Waals surface area (Å²) in [4.78, 5) is 4.25. The van der Waals surface area contributed by atoms with Gasteiger partial charge in [-0.3, -0.25) is 5.43 Å². The first-order valence-corrected chi connectivity index (χ1v) is 7.58. The van der Waals surface area contributed by atoms with Crippen LogP contribution in [0.1, 0.15) is 24.6 Å². The van der Waals surface area contributed by atoms with Crippen LogP contribution in [-0.4, -0.2) is 17.8 Å². The van der Waals surface area contributed by atoms with Gasteiger partial charge in [-0.05, 0) is 37.1 Å². The monoisotopic (exact) mass is 309 g/mol. The van der Waals surface area contributed by atoms with Crippen LogP contribution >= 0.6 is 22.9 Å². The van der Waals surface area contributed by atoms with Crippen LogP contribution in [0.15, 0.2) is 28.7 Å². The Morgan fingerprint density at radius 2 is 2.35 bits per heavy atom. The molecule has 1 aromatic carbocycles. The number of nitrogens with one attached hydrogen (secondary N) is 1. The Morgan fingerprint density at radius 1 is 1.50 bits per heavy atom. The van der Waals surface area contributed by atoms with Crippen molar-refractivity contribution < 1.29 is 4.74 Å². The predicted octanol–water partition coefficient (Wildman–Crippen LogP) is 4.34. The van der Waals surface area contributed by atoms with Crippen molar-refractivity contribution >= 4 is 34.3 Å². The van der Waals surface area contributed by atoms with Crippen LogP contribution in [0.3, 0.4) is 0 Å². The molecule has 2 aromatic rings. The van der Waals surface area contributed by atoms with Crippen LogP contribution in [0.5, 0.6) is 5.75 Å². The van der Waals surface area contributed by atoms with E-state index in [1.54, 1.807) is 6.21 Å². The summed E-state index contributed by atoms with van der Waals surface area (Å²) in [6.07, 6.45) is 2.66. The van der Waals surface area contributed by atoms with Crippen molar-refractivity contribution in [1.82, 2.24) is 4.98 Å². The number of thiazole rings is 1. The third kappa shape index (κ3) is 4.21. The Bertz CT molecular complexity index is 598. The number of hydrogen-bond donors (Lipinski definition) is 1. The second-order valence-electron chi connectivity index (χ2n) is 4.20.